The average Bonchev–Trinajstić information content (AvgIpc) is 2.72. The third-order valence-electron chi connectivity index (χ3n) is 3.10. The third-order valence-corrected chi connectivity index (χ3v) is 4.27. The Kier molecular flexibility index (Phi) is 3.87. The summed E-state index contributed by atoms with van der Waals surface area (Å²) in [5.41, 5.74) is 6.35. The molecule has 0 unspecified atom stereocenters. The Hall–Kier alpha value is -1.25. The van der Waals surface area contributed by atoms with Crippen molar-refractivity contribution in [3.8, 4) is 6.07 Å². The van der Waals surface area contributed by atoms with E-state index in [1.807, 2.05) is 6.07 Å². The first-order valence-corrected chi connectivity index (χ1v) is 6.60. The molecule has 92 valence electrons. The second kappa shape index (κ2) is 5.39. The fourth-order valence-electron chi connectivity index (χ4n) is 2.07. The number of rotatable bonds is 3. The van der Waals surface area contributed by atoms with E-state index in [9.17, 15) is 0 Å². The Morgan fingerprint density at radius 1 is 1.59 bits per heavy atom. The van der Waals surface area contributed by atoms with E-state index in [0.717, 1.165) is 37.6 Å². The summed E-state index contributed by atoms with van der Waals surface area (Å²) < 4.78 is 5.35. The highest BCUT2D eigenvalue weighted by molar-refractivity contribution is 7.17. The molecule has 4 nitrogen and oxygen atoms in total. The topological polar surface area (TPSA) is 62.3 Å². The van der Waals surface area contributed by atoms with Crippen molar-refractivity contribution < 1.29 is 4.74 Å². The Labute approximate surface area is 106 Å². The molecule has 0 amide bonds. The highest BCUT2D eigenvalue weighted by Crippen LogP contribution is 2.31. The van der Waals surface area contributed by atoms with E-state index in [0.29, 0.717) is 16.5 Å². The summed E-state index contributed by atoms with van der Waals surface area (Å²) in [5, 5.41) is 9.95. The van der Waals surface area contributed by atoms with E-state index < -0.39 is 0 Å². The maximum absolute atomic E-state index is 8.88. The van der Waals surface area contributed by atoms with Gasteiger partial charge in [-0.15, -0.1) is 11.3 Å². The lowest BCUT2D eigenvalue weighted by Crippen LogP contribution is -2.29. The third kappa shape index (κ3) is 2.90. The van der Waals surface area contributed by atoms with Gasteiger partial charge in [0.2, 0.25) is 0 Å². The fourth-order valence-corrected chi connectivity index (χ4v) is 2.92. The molecule has 2 N–H and O–H groups in total. The van der Waals surface area contributed by atoms with Crippen LogP contribution in [0.4, 0.5) is 10.7 Å². The van der Waals surface area contributed by atoms with E-state index in [1.54, 1.807) is 0 Å². The predicted octanol–water partition coefficient (Wildman–Crippen LogP) is 2.06. The van der Waals surface area contributed by atoms with Crippen molar-refractivity contribution in [1.82, 2.24) is 0 Å². The second-order valence-electron chi connectivity index (χ2n) is 4.42. The number of hydrogen-bond donors (Lipinski definition) is 1. The molecule has 0 aromatic carbocycles. The van der Waals surface area contributed by atoms with Crippen LogP contribution in [0.15, 0.2) is 6.07 Å². The first-order chi connectivity index (χ1) is 8.20. The average molecular weight is 251 g/mol. The highest BCUT2D eigenvalue weighted by Gasteiger charge is 2.17. The van der Waals surface area contributed by atoms with Gasteiger partial charge in [-0.3, -0.25) is 0 Å². The Bertz CT molecular complexity index is 418. The summed E-state index contributed by atoms with van der Waals surface area (Å²) in [6, 6.07) is 4.01. The first kappa shape index (κ1) is 12.2. The lowest BCUT2D eigenvalue weighted by Gasteiger charge is -2.27. The van der Waals surface area contributed by atoms with Crippen LogP contribution in [0.1, 0.15) is 17.7 Å². The number of nitrogen functional groups attached to an aromatic ring is 1. The molecule has 17 heavy (non-hydrogen) atoms. The largest absolute Gasteiger partial charge is 0.397 e. The lowest BCUT2D eigenvalue weighted by molar-refractivity contribution is 0.0685. The van der Waals surface area contributed by atoms with E-state index in [2.05, 4.69) is 18.0 Å². The Morgan fingerprint density at radius 3 is 2.88 bits per heavy atom. The molecule has 0 radical (unpaired) electrons. The summed E-state index contributed by atoms with van der Waals surface area (Å²) >= 11 is 1.46. The van der Waals surface area contributed by atoms with Gasteiger partial charge < -0.3 is 15.4 Å². The van der Waals surface area contributed by atoms with Crippen molar-refractivity contribution in [3.63, 3.8) is 0 Å². The minimum atomic E-state index is 0.589. The maximum atomic E-state index is 8.88. The minimum Gasteiger partial charge on any atom is -0.397 e. The molecule has 1 aromatic rings. The molecule has 0 spiro atoms. The quantitative estimate of drug-likeness (QED) is 0.893. The second-order valence-corrected chi connectivity index (χ2v) is 5.45. The molecule has 1 fully saturated rings. The molecule has 1 aliphatic heterocycles. The van der Waals surface area contributed by atoms with Gasteiger partial charge in [-0.25, -0.2) is 0 Å². The van der Waals surface area contributed by atoms with E-state index >= 15 is 0 Å². The molecule has 0 aliphatic carbocycles. The summed E-state index contributed by atoms with van der Waals surface area (Å²) in [4.78, 5) is 2.80. The van der Waals surface area contributed by atoms with Crippen LogP contribution in [-0.4, -0.2) is 26.8 Å². The van der Waals surface area contributed by atoms with Crippen LogP contribution in [0.25, 0.3) is 0 Å². The van der Waals surface area contributed by atoms with Crippen LogP contribution in [-0.2, 0) is 4.74 Å². The zero-order valence-corrected chi connectivity index (χ0v) is 10.8. The molecular weight excluding hydrogens is 234 g/mol. The van der Waals surface area contributed by atoms with Crippen molar-refractivity contribution >= 4 is 22.0 Å². The number of nitrogens with two attached hydrogens (primary N) is 1. The molecule has 2 heterocycles. The standard InChI is InChI=1S/C12H17N3OS/c1-15(8-9-2-4-16-5-3-9)12-6-10(14)11(7-13)17-12/h6,9H,2-5,8,14H2,1H3. The summed E-state index contributed by atoms with van der Waals surface area (Å²) in [5.74, 6) is 0.683. The molecule has 0 saturated carbocycles. The molecule has 1 aliphatic rings. The van der Waals surface area contributed by atoms with Gasteiger partial charge in [0.15, 0.2) is 0 Å². The van der Waals surface area contributed by atoms with Crippen molar-refractivity contribution in [3.05, 3.63) is 10.9 Å². The van der Waals surface area contributed by atoms with Crippen LogP contribution < -0.4 is 10.6 Å². The van der Waals surface area contributed by atoms with Gasteiger partial charge in [0.05, 0.1) is 10.7 Å². The molecular formula is C12H17N3OS. The predicted molar refractivity (Wildman–Crippen MR) is 70.3 cm³/mol. The van der Waals surface area contributed by atoms with Gasteiger partial charge in [-0.05, 0) is 24.8 Å². The van der Waals surface area contributed by atoms with E-state index in [-0.39, 0.29) is 0 Å². The summed E-state index contributed by atoms with van der Waals surface area (Å²) in [6.07, 6.45) is 2.24. The Balaban J connectivity index is 1.98. The molecule has 0 atom stereocenters. The highest BCUT2D eigenvalue weighted by atomic mass is 32.1. The maximum Gasteiger partial charge on any atom is 0.129 e. The number of hydrogen-bond acceptors (Lipinski definition) is 5. The van der Waals surface area contributed by atoms with Gasteiger partial charge in [0.25, 0.3) is 0 Å². The van der Waals surface area contributed by atoms with Crippen LogP contribution in [0.5, 0.6) is 0 Å². The smallest absolute Gasteiger partial charge is 0.129 e. The number of ether oxygens (including phenoxy) is 1. The lowest BCUT2D eigenvalue weighted by atomic mass is 10.00. The zero-order valence-electron chi connectivity index (χ0n) is 9.98. The monoisotopic (exact) mass is 251 g/mol. The minimum absolute atomic E-state index is 0.589. The number of nitrogens with zero attached hydrogens (tertiary/aromatic N) is 2. The molecule has 0 bridgehead atoms. The van der Waals surface area contributed by atoms with Crippen molar-refractivity contribution in [2.75, 3.05) is 37.4 Å². The Morgan fingerprint density at radius 2 is 2.29 bits per heavy atom. The van der Waals surface area contributed by atoms with Crippen LogP contribution in [0, 0.1) is 17.2 Å². The number of anilines is 2. The summed E-state index contributed by atoms with van der Waals surface area (Å²) in [6.45, 7) is 2.75. The molecule has 5 heteroatoms. The number of nitriles is 1. The fraction of sp³-hybridized carbons (Fsp3) is 0.583. The molecule has 2 rings (SSSR count). The van der Waals surface area contributed by atoms with Crippen LogP contribution >= 0.6 is 11.3 Å². The molecule has 1 aromatic heterocycles. The van der Waals surface area contributed by atoms with Gasteiger partial charge >= 0.3 is 0 Å². The summed E-state index contributed by atoms with van der Waals surface area (Å²) in [7, 11) is 2.06. The van der Waals surface area contributed by atoms with Gasteiger partial charge in [0, 0.05) is 26.8 Å². The van der Waals surface area contributed by atoms with Crippen LogP contribution in [0.2, 0.25) is 0 Å². The van der Waals surface area contributed by atoms with Gasteiger partial charge in [-0.1, -0.05) is 0 Å². The van der Waals surface area contributed by atoms with Crippen LogP contribution in [0.3, 0.4) is 0 Å². The van der Waals surface area contributed by atoms with Crippen molar-refractivity contribution in [2.24, 2.45) is 5.92 Å². The van der Waals surface area contributed by atoms with Crippen molar-refractivity contribution in [2.45, 2.75) is 12.8 Å². The van der Waals surface area contributed by atoms with E-state index in [4.69, 9.17) is 15.7 Å². The number of thiophene rings is 1. The van der Waals surface area contributed by atoms with E-state index in [1.165, 1.54) is 11.3 Å². The first-order valence-electron chi connectivity index (χ1n) is 5.79. The zero-order chi connectivity index (χ0) is 12.3. The van der Waals surface area contributed by atoms with Gasteiger partial charge in [-0.2, -0.15) is 5.26 Å². The van der Waals surface area contributed by atoms with Gasteiger partial charge in [0.1, 0.15) is 10.9 Å². The molecule has 1 saturated heterocycles. The SMILES string of the molecule is CN(CC1CCOCC1)c1cc(N)c(C#N)s1. The normalized spacial score (nSPS) is 16.7. The van der Waals surface area contributed by atoms with Crippen molar-refractivity contribution in [1.29, 1.82) is 5.26 Å².